The molecule has 1 unspecified atom stereocenters. The standard InChI is InChI=1S/C17H32N2O4/c1-16(2,3)22-14(20)12-18-11-13-9-7-8-10-19(13)15(21)23-17(4,5)6/h13,18H,7-12H2,1-6H3. The van der Waals surface area contributed by atoms with Crippen molar-refractivity contribution in [3.8, 4) is 0 Å². The lowest BCUT2D eigenvalue weighted by atomic mass is 10.0. The predicted octanol–water partition coefficient (Wildman–Crippen LogP) is 2.71. The predicted molar refractivity (Wildman–Crippen MR) is 89.3 cm³/mol. The van der Waals surface area contributed by atoms with Crippen molar-refractivity contribution in [3.63, 3.8) is 0 Å². The molecule has 1 N–H and O–H groups in total. The molecule has 1 fully saturated rings. The van der Waals surface area contributed by atoms with Crippen LogP contribution in [-0.2, 0) is 14.3 Å². The molecule has 6 heteroatoms. The van der Waals surface area contributed by atoms with E-state index in [9.17, 15) is 9.59 Å². The normalized spacial score (nSPS) is 19.4. The molecule has 0 radical (unpaired) electrons. The SMILES string of the molecule is CC(C)(C)OC(=O)CNCC1CCCCN1C(=O)OC(C)(C)C. The molecule has 23 heavy (non-hydrogen) atoms. The van der Waals surface area contributed by atoms with E-state index in [1.54, 1.807) is 4.90 Å². The fourth-order valence-electron chi connectivity index (χ4n) is 2.49. The Morgan fingerprint density at radius 2 is 1.65 bits per heavy atom. The Morgan fingerprint density at radius 3 is 2.22 bits per heavy atom. The van der Waals surface area contributed by atoms with Crippen molar-refractivity contribution in [2.75, 3.05) is 19.6 Å². The molecule has 1 atom stereocenters. The zero-order valence-electron chi connectivity index (χ0n) is 15.4. The minimum atomic E-state index is -0.497. The average molecular weight is 328 g/mol. The highest BCUT2D eigenvalue weighted by Gasteiger charge is 2.30. The third kappa shape index (κ3) is 8.21. The van der Waals surface area contributed by atoms with Crippen LogP contribution in [0.3, 0.4) is 0 Å². The summed E-state index contributed by atoms with van der Waals surface area (Å²) >= 11 is 0. The van der Waals surface area contributed by atoms with E-state index in [-0.39, 0.29) is 24.6 Å². The molecule has 0 saturated carbocycles. The Morgan fingerprint density at radius 1 is 1.04 bits per heavy atom. The number of nitrogens with one attached hydrogen (secondary N) is 1. The summed E-state index contributed by atoms with van der Waals surface area (Å²) in [6.07, 6.45) is 2.71. The maximum absolute atomic E-state index is 12.3. The first-order valence-electron chi connectivity index (χ1n) is 8.40. The summed E-state index contributed by atoms with van der Waals surface area (Å²) in [5, 5.41) is 3.10. The van der Waals surface area contributed by atoms with Gasteiger partial charge < -0.3 is 19.7 Å². The van der Waals surface area contributed by atoms with Gasteiger partial charge in [0.1, 0.15) is 11.2 Å². The van der Waals surface area contributed by atoms with E-state index in [1.165, 1.54) is 0 Å². The van der Waals surface area contributed by atoms with Crippen molar-refractivity contribution in [1.82, 2.24) is 10.2 Å². The molecule has 1 aliphatic heterocycles. The summed E-state index contributed by atoms with van der Waals surface area (Å²) in [6, 6.07) is 0.0565. The number of carbonyl (C=O) groups excluding carboxylic acids is 2. The second-order valence-corrected chi connectivity index (χ2v) is 8.04. The third-order valence-corrected chi connectivity index (χ3v) is 3.32. The van der Waals surface area contributed by atoms with Gasteiger partial charge in [-0.05, 0) is 60.8 Å². The number of carbonyl (C=O) groups is 2. The van der Waals surface area contributed by atoms with Gasteiger partial charge in [-0.1, -0.05) is 0 Å². The Balaban J connectivity index is 2.46. The van der Waals surface area contributed by atoms with Gasteiger partial charge in [0.15, 0.2) is 0 Å². The van der Waals surface area contributed by atoms with E-state index in [0.29, 0.717) is 13.1 Å². The maximum Gasteiger partial charge on any atom is 0.410 e. The fourth-order valence-corrected chi connectivity index (χ4v) is 2.49. The van der Waals surface area contributed by atoms with Crippen molar-refractivity contribution in [3.05, 3.63) is 0 Å². The van der Waals surface area contributed by atoms with Crippen LogP contribution in [0.5, 0.6) is 0 Å². The lowest BCUT2D eigenvalue weighted by Crippen LogP contribution is -2.50. The third-order valence-electron chi connectivity index (χ3n) is 3.32. The Kier molecular flexibility index (Phi) is 6.86. The van der Waals surface area contributed by atoms with Gasteiger partial charge in [-0.15, -0.1) is 0 Å². The molecule has 0 spiro atoms. The number of amides is 1. The molecule has 0 aromatic rings. The molecule has 0 aromatic carbocycles. The number of nitrogens with zero attached hydrogens (tertiary/aromatic N) is 1. The second-order valence-electron chi connectivity index (χ2n) is 8.04. The molecule has 0 bridgehead atoms. The maximum atomic E-state index is 12.3. The summed E-state index contributed by atoms with van der Waals surface area (Å²) in [7, 11) is 0. The minimum Gasteiger partial charge on any atom is -0.459 e. The van der Waals surface area contributed by atoms with Gasteiger partial charge in [-0.3, -0.25) is 4.79 Å². The van der Waals surface area contributed by atoms with E-state index in [2.05, 4.69) is 5.32 Å². The first-order valence-corrected chi connectivity index (χ1v) is 8.40. The average Bonchev–Trinajstić information content (AvgIpc) is 2.35. The first kappa shape index (κ1) is 19.7. The van der Waals surface area contributed by atoms with E-state index in [1.807, 2.05) is 41.5 Å². The number of hydrogen-bond donors (Lipinski definition) is 1. The highest BCUT2D eigenvalue weighted by atomic mass is 16.6. The zero-order valence-corrected chi connectivity index (χ0v) is 15.4. The molecule has 6 nitrogen and oxygen atoms in total. The number of ether oxygens (including phenoxy) is 2. The number of hydrogen-bond acceptors (Lipinski definition) is 5. The summed E-state index contributed by atoms with van der Waals surface area (Å²) in [4.78, 5) is 25.8. The summed E-state index contributed by atoms with van der Waals surface area (Å²) in [5.41, 5.74) is -0.977. The van der Waals surface area contributed by atoms with Gasteiger partial charge in [0.05, 0.1) is 6.54 Å². The Bertz CT molecular complexity index is 410. The highest BCUT2D eigenvalue weighted by Crippen LogP contribution is 2.20. The van der Waals surface area contributed by atoms with Gasteiger partial charge in [0, 0.05) is 19.1 Å². The lowest BCUT2D eigenvalue weighted by Gasteiger charge is -2.36. The largest absolute Gasteiger partial charge is 0.459 e. The van der Waals surface area contributed by atoms with Crippen molar-refractivity contribution >= 4 is 12.1 Å². The summed E-state index contributed by atoms with van der Waals surface area (Å²) in [5.74, 6) is -0.280. The quantitative estimate of drug-likeness (QED) is 0.804. The van der Waals surface area contributed by atoms with Crippen LogP contribution < -0.4 is 5.32 Å². The molecule has 0 aliphatic carbocycles. The Labute approximate surface area is 139 Å². The number of esters is 1. The van der Waals surface area contributed by atoms with Crippen LogP contribution in [0.15, 0.2) is 0 Å². The molecule has 0 aromatic heterocycles. The monoisotopic (exact) mass is 328 g/mol. The van der Waals surface area contributed by atoms with Crippen molar-refractivity contribution in [2.45, 2.75) is 78.0 Å². The molecule has 1 heterocycles. The number of likely N-dealkylation sites (tertiary alicyclic amines) is 1. The van der Waals surface area contributed by atoms with Gasteiger partial charge >= 0.3 is 12.1 Å². The molecule has 1 saturated heterocycles. The van der Waals surface area contributed by atoms with Gasteiger partial charge in [0.2, 0.25) is 0 Å². The van der Waals surface area contributed by atoms with Gasteiger partial charge in [-0.25, -0.2) is 4.79 Å². The van der Waals surface area contributed by atoms with Crippen molar-refractivity contribution < 1.29 is 19.1 Å². The van der Waals surface area contributed by atoms with Crippen LogP contribution in [0.1, 0.15) is 60.8 Å². The fraction of sp³-hybridized carbons (Fsp3) is 0.882. The first-order chi connectivity index (χ1) is 10.5. The summed E-state index contributed by atoms with van der Waals surface area (Å²) in [6.45, 7) is 12.5. The molecule has 1 aliphatic rings. The number of piperidine rings is 1. The van der Waals surface area contributed by atoms with E-state index < -0.39 is 11.2 Å². The van der Waals surface area contributed by atoms with E-state index in [4.69, 9.17) is 9.47 Å². The number of rotatable bonds is 4. The lowest BCUT2D eigenvalue weighted by molar-refractivity contribution is -0.153. The minimum absolute atomic E-state index is 0.0565. The van der Waals surface area contributed by atoms with Crippen LogP contribution >= 0.6 is 0 Å². The Hall–Kier alpha value is -1.30. The van der Waals surface area contributed by atoms with Crippen LogP contribution in [-0.4, -0.2) is 53.8 Å². The smallest absolute Gasteiger partial charge is 0.410 e. The zero-order chi connectivity index (χ0) is 17.7. The van der Waals surface area contributed by atoms with Crippen LogP contribution in [0.4, 0.5) is 4.79 Å². The topological polar surface area (TPSA) is 67.9 Å². The van der Waals surface area contributed by atoms with E-state index >= 15 is 0 Å². The van der Waals surface area contributed by atoms with Gasteiger partial charge in [-0.2, -0.15) is 0 Å². The second kappa shape index (κ2) is 7.99. The van der Waals surface area contributed by atoms with Crippen molar-refractivity contribution in [1.29, 1.82) is 0 Å². The molecule has 1 amide bonds. The van der Waals surface area contributed by atoms with Gasteiger partial charge in [0.25, 0.3) is 0 Å². The molecule has 1 rings (SSSR count). The summed E-state index contributed by atoms with van der Waals surface area (Å²) < 4.78 is 10.7. The molecular weight excluding hydrogens is 296 g/mol. The van der Waals surface area contributed by atoms with E-state index in [0.717, 1.165) is 19.3 Å². The van der Waals surface area contributed by atoms with Crippen molar-refractivity contribution in [2.24, 2.45) is 0 Å². The van der Waals surface area contributed by atoms with Crippen LogP contribution in [0, 0.1) is 0 Å². The van der Waals surface area contributed by atoms with Crippen LogP contribution in [0.25, 0.3) is 0 Å². The molecule has 134 valence electrons. The molecular formula is C17H32N2O4. The van der Waals surface area contributed by atoms with Crippen LogP contribution in [0.2, 0.25) is 0 Å². The highest BCUT2D eigenvalue weighted by molar-refractivity contribution is 5.72.